The summed E-state index contributed by atoms with van der Waals surface area (Å²) in [5.41, 5.74) is 0. The van der Waals surface area contributed by atoms with Crippen LogP contribution >= 0.6 is 0 Å². The molecule has 12 heavy (non-hydrogen) atoms. The lowest BCUT2D eigenvalue weighted by Gasteiger charge is -2.25. The maximum Gasteiger partial charge on any atom is 0.514 e. The van der Waals surface area contributed by atoms with E-state index >= 15 is 0 Å². The fourth-order valence-electron chi connectivity index (χ4n) is 0.871. The Hall–Kier alpha value is 0.0569. The first-order valence-electron chi connectivity index (χ1n) is 4.13. The van der Waals surface area contributed by atoms with Crippen LogP contribution in [0.4, 0.5) is 0 Å². The maximum atomic E-state index is 5.55. The molecule has 0 unspecified atom stereocenters. The molecule has 0 aromatic carbocycles. The number of nitrogens with one attached hydrogen (secondary N) is 1. The van der Waals surface area contributed by atoms with Gasteiger partial charge in [-0.05, 0) is 13.5 Å². The van der Waals surface area contributed by atoms with E-state index in [1.165, 1.54) is 0 Å². The third kappa shape index (κ3) is 3.64. The second-order valence-corrected chi connectivity index (χ2v) is 5.29. The van der Waals surface area contributed by atoms with Crippen LogP contribution in [0.15, 0.2) is 0 Å². The largest absolute Gasteiger partial charge is 0.514 e. The van der Waals surface area contributed by atoms with E-state index in [-0.39, 0.29) is 0 Å². The topological polar surface area (TPSA) is 39.7 Å². The summed E-state index contributed by atoms with van der Waals surface area (Å²) in [6, 6.07) is 0. The van der Waals surface area contributed by atoms with Crippen LogP contribution in [-0.4, -0.2) is 42.8 Å². The van der Waals surface area contributed by atoms with Crippen LogP contribution in [0.2, 0.25) is 0 Å². The van der Waals surface area contributed by atoms with Crippen LogP contribution < -0.4 is 5.32 Å². The van der Waals surface area contributed by atoms with E-state index in [0.717, 1.165) is 6.42 Å². The number of hydrogen-bond donors (Lipinski definition) is 1. The quantitative estimate of drug-likeness (QED) is 0.594. The highest BCUT2D eigenvalue weighted by Crippen LogP contribution is 2.05. The van der Waals surface area contributed by atoms with Crippen molar-refractivity contribution in [1.29, 1.82) is 0 Å². The minimum atomic E-state index is -2.38. The van der Waals surface area contributed by atoms with Gasteiger partial charge in [-0.2, -0.15) is 0 Å². The molecule has 0 aromatic heterocycles. The van der Waals surface area contributed by atoms with Gasteiger partial charge in [0.15, 0.2) is 0 Å². The monoisotopic (exact) mass is 193 g/mol. The van der Waals surface area contributed by atoms with Gasteiger partial charge in [-0.1, -0.05) is 6.92 Å². The standard InChI is InChI=1S/C7H19NO3Si/c1-5-6-11-12(9-3,10-4)7-8-2/h8H,5-7H2,1-4H3. The van der Waals surface area contributed by atoms with Crippen molar-refractivity contribution in [2.75, 3.05) is 34.0 Å². The SMILES string of the molecule is CCCO[Si](CNC)(OC)OC. The third-order valence-corrected chi connectivity index (χ3v) is 4.22. The molecule has 4 nitrogen and oxygen atoms in total. The molecule has 0 saturated heterocycles. The summed E-state index contributed by atoms with van der Waals surface area (Å²) < 4.78 is 16.1. The zero-order valence-electron chi connectivity index (χ0n) is 8.35. The lowest BCUT2D eigenvalue weighted by Crippen LogP contribution is -2.52. The smallest absolute Gasteiger partial charge is 0.376 e. The van der Waals surface area contributed by atoms with E-state index in [0.29, 0.717) is 12.8 Å². The fraction of sp³-hybridized carbons (Fsp3) is 1.00. The van der Waals surface area contributed by atoms with Crippen LogP contribution in [0, 0.1) is 0 Å². The average molecular weight is 193 g/mol. The molecule has 0 atom stereocenters. The minimum absolute atomic E-state index is 0.653. The lowest BCUT2D eigenvalue weighted by molar-refractivity contribution is 0.0976. The Morgan fingerprint density at radius 1 is 1.25 bits per heavy atom. The van der Waals surface area contributed by atoms with Gasteiger partial charge in [0.1, 0.15) is 0 Å². The summed E-state index contributed by atoms with van der Waals surface area (Å²) in [5, 5.41) is 3.01. The highest BCUT2D eigenvalue weighted by Gasteiger charge is 2.37. The summed E-state index contributed by atoms with van der Waals surface area (Å²) in [4.78, 5) is 0. The zero-order valence-corrected chi connectivity index (χ0v) is 9.35. The summed E-state index contributed by atoms with van der Waals surface area (Å²) in [6.07, 6.45) is 1.63. The molecule has 1 N–H and O–H groups in total. The van der Waals surface area contributed by atoms with Crippen molar-refractivity contribution in [2.45, 2.75) is 13.3 Å². The van der Waals surface area contributed by atoms with Crippen molar-refractivity contribution in [3.8, 4) is 0 Å². The molecule has 0 spiro atoms. The highest BCUT2D eigenvalue weighted by molar-refractivity contribution is 6.60. The van der Waals surface area contributed by atoms with E-state index < -0.39 is 8.80 Å². The molecule has 0 bridgehead atoms. The van der Waals surface area contributed by atoms with E-state index in [1.54, 1.807) is 14.2 Å². The summed E-state index contributed by atoms with van der Waals surface area (Å²) in [7, 11) is 2.74. The molecule has 0 aliphatic rings. The van der Waals surface area contributed by atoms with Gasteiger partial charge >= 0.3 is 8.80 Å². The fourth-order valence-corrected chi connectivity index (χ4v) is 2.61. The Kier molecular flexibility index (Phi) is 6.59. The molecule has 0 amide bonds. The second-order valence-electron chi connectivity index (χ2n) is 2.47. The van der Waals surface area contributed by atoms with Crippen molar-refractivity contribution in [1.82, 2.24) is 5.32 Å². The van der Waals surface area contributed by atoms with Gasteiger partial charge in [0.05, 0.1) is 6.17 Å². The molecule has 0 saturated carbocycles. The average Bonchev–Trinajstić information content (AvgIpc) is 2.13. The third-order valence-electron chi connectivity index (χ3n) is 1.54. The van der Waals surface area contributed by atoms with Crippen LogP contribution in [0.25, 0.3) is 0 Å². The highest BCUT2D eigenvalue weighted by atomic mass is 28.4. The minimum Gasteiger partial charge on any atom is -0.376 e. The van der Waals surface area contributed by atoms with E-state index in [9.17, 15) is 0 Å². The van der Waals surface area contributed by atoms with Gasteiger partial charge in [-0.15, -0.1) is 0 Å². The van der Waals surface area contributed by atoms with Crippen LogP contribution in [-0.2, 0) is 13.3 Å². The van der Waals surface area contributed by atoms with Crippen LogP contribution in [0.3, 0.4) is 0 Å². The molecule has 0 aliphatic heterocycles. The molecule has 0 rings (SSSR count). The van der Waals surface area contributed by atoms with Gasteiger partial charge in [-0.3, -0.25) is 0 Å². The van der Waals surface area contributed by atoms with E-state index in [1.807, 2.05) is 7.05 Å². The number of hydrogen-bond acceptors (Lipinski definition) is 4. The Labute approximate surface area is 75.6 Å². The predicted molar refractivity (Wildman–Crippen MR) is 49.9 cm³/mol. The van der Waals surface area contributed by atoms with Gasteiger partial charge in [-0.25, -0.2) is 0 Å². The zero-order chi connectivity index (χ0) is 9.45. The first-order valence-corrected chi connectivity index (χ1v) is 6.06. The molecular formula is C7H19NO3Si. The normalized spacial score (nSPS) is 12.0. The summed E-state index contributed by atoms with van der Waals surface area (Å²) in [5.74, 6) is 0. The van der Waals surface area contributed by atoms with Crippen molar-refractivity contribution < 1.29 is 13.3 Å². The first kappa shape index (κ1) is 12.1. The van der Waals surface area contributed by atoms with Gasteiger partial charge in [0, 0.05) is 20.8 Å². The van der Waals surface area contributed by atoms with E-state index in [4.69, 9.17) is 13.3 Å². The number of rotatable bonds is 7. The predicted octanol–water partition coefficient (Wildman–Crippen LogP) is 0.403. The lowest BCUT2D eigenvalue weighted by atomic mass is 10.5. The Morgan fingerprint density at radius 2 is 1.83 bits per heavy atom. The van der Waals surface area contributed by atoms with Crippen molar-refractivity contribution in [2.24, 2.45) is 0 Å². The van der Waals surface area contributed by atoms with Crippen LogP contribution in [0.5, 0.6) is 0 Å². The molecule has 74 valence electrons. The van der Waals surface area contributed by atoms with Crippen molar-refractivity contribution >= 4 is 8.80 Å². The second kappa shape index (κ2) is 6.56. The van der Waals surface area contributed by atoms with Crippen LogP contribution in [0.1, 0.15) is 13.3 Å². The molecule has 0 fully saturated rings. The molecule has 0 heterocycles. The molecule has 0 aliphatic carbocycles. The van der Waals surface area contributed by atoms with Gasteiger partial charge < -0.3 is 18.6 Å². The van der Waals surface area contributed by atoms with E-state index in [2.05, 4.69) is 12.2 Å². The van der Waals surface area contributed by atoms with Gasteiger partial charge in [0.2, 0.25) is 0 Å². The van der Waals surface area contributed by atoms with Crippen molar-refractivity contribution in [3.63, 3.8) is 0 Å². The molecule has 0 radical (unpaired) electrons. The van der Waals surface area contributed by atoms with Crippen molar-refractivity contribution in [3.05, 3.63) is 0 Å². The molecular weight excluding hydrogens is 174 g/mol. The Bertz CT molecular complexity index is 109. The maximum absolute atomic E-state index is 5.55. The first-order chi connectivity index (χ1) is 5.74. The Balaban J connectivity index is 3.95. The molecule has 0 aromatic rings. The van der Waals surface area contributed by atoms with Gasteiger partial charge in [0.25, 0.3) is 0 Å². The Morgan fingerprint density at radius 3 is 2.17 bits per heavy atom. The summed E-state index contributed by atoms with van der Waals surface area (Å²) in [6.45, 7) is 2.75. The summed E-state index contributed by atoms with van der Waals surface area (Å²) >= 11 is 0. The molecule has 5 heteroatoms.